The third-order valence-electron chi connectivity index (χ3n) is 2.71. The molecule has 1 heterocycles. The van der Waals surface area contributed by atoms with Crippen LogP contribution in [0.15, 0.2) is 55.4 Å². The summed E-state index contributed by atoms with van der Waals surface area (Å²) in [4.78, 5) is 15.3. The zero-order valence-corrected chi connectivity index (χ0v) is 10.8. The van der Waals surface area contributed by atoms with E-state index >= 15 is 0 Å². The Morgan fingerprint density at radius 3 is 2.80 bits per heavy atom. The van der Waals surface area contributed by atoms with Gasteiger partial charge in [0.25, 0.3) is 0 Å². The number of nitrogens with two attached hydrogens (primary N) is 1. The van der Waals surface area contributed by atoms with Gasteiger partial charge in [-0.15, -0.1) is 0 Å². The number of anilines is 2. The van der Waals surface area contributed by atoms with Crippen LogP contribution in [0.25, 0.3) is 0 Å². The van der Waals surface area contributed by atoms with Crippen LogP contribution >= 0.6 is 0 Å². The molecule has 0 spiro atoms. The number of nitrogen functional groups attached to an aromatic ring is 1. The molecule has 2 aromatic rings. The van der Waals surface area contributed by atoms with Gasteiger partial charge in [0.2, 0.25) is 5.91 Å². The minimum atomic E-state index is -0.324. The monoisotopic (exact) mass is 266 g/mol. The maximum absolute atomic E-state index is 11.3. The molecule has 5 heteroatoms. The summed E-state index contributed by atoms with van der Waals surface area (Å²) in [5.74, 6) is -0.324. The first kappa shape index (κ1) is 13.5. The maximum Gasteiger partial charge on any atom is 0.247 e. The zero-order valence-electron chi connectivity index (χ0n) is 10.8. The van der Waals surface area contributed by atoms with E-state index in [2.05, 4.69) is 16.9 Å². The van der Waals surface area contributed by atoms with Crippen molar-refractivity contribution in [3.05, 3.63) is 66.5 Å². The lowest BCUT2D eigenvalue weighted by atomic mass is 10.0. The summed E-state index contributed by atoms with van der Waals surface area (Å²) in [5.41, 5.74) is 8.34. The summed E-state index contributed by atoms with van der Waals surface area (Å²) < 4.78 is 0. The van der Waals surface area contributed by atoms with Gasteiger partial charge in [0.15, 0.2) is 0 Å². The van der Waals surface area contributed by atoms with Crippen LogP contribution in [0.5, 0.6) is 0 Å². The normalized spacial score (nSPS) is 9.80. The molecule has 0 aliphatic carbocycles. The number of pyridine rings is 1. The van der Waals surface area contributed by atoms with Gasteiger partial charge in [0.05, 0.1) is 17.6 Å². The van der Waals surface area contributed by atoms with Gasteiger partial charge >= 0.3 is 0 Å². The first-order chi connectivity index (χ1) is 9.61. The SMILES string of the molecule is C=CC(=O)Nc1cncc(C(=N)c2ccccc2N)c1. The zero-order chi connectivity index (χ0) is 14.5. The van der Waals surface area contributed by atoms with Gasteiger partial charge in [-0.2, -0.15) is 0 Å². The Bertz CT molecular complexity index is 679. The number of aromatic nitrogens is 1. The smallest absolute Gasteiger partial charge is 0.247 e. The molecule has 0 radical (unpaired) electrons. The molecule has 1 amide bonds. The molecule has 5 nitrogen and oxygen atoms in total. The molecule has 0 aliphatic heterocycles. The number of carbonyl (C=O) groups excluding carboxylic acids is 1. The van der Waals surface area contributed by atoms with E-state index in [1.165, 1.54) is 12.3 Å². The molecule has 0 unspecified atom stereocenters. The summed E-state index contributed by atoms with van der Waals surface area (Å²) in [7, 11) is 0. The van der Waals surface area contributed by atoms with Crippen molar-refractivity contribution in [2.75, 3.05) is 11.1 Å². The van der Waals surface area contributed by atoms with Crippen LogP contribution in [0.3, 0.4) is 0 Å². The number of rotatable bonds is 4. The third kappa shape index (κ3) is 2.89. The molecule has 20 heavy (non-hydrogen) atoms. The standard InChI is InChI=1S/C15H14N4O/c1-2-14(20)19-11-7-10(8-18-9-11)15(17)12-5-3-4-6-13(12)16/h2-9,17H,1,16H2,(H,19,20). The van der Waals surface area contributed by atoms with E-state index in [9.17, 15) is 4.79 Å². The number of nitrogens with zero attached hydrogens (tertiary/aromatic N) is 1. The van der Waals surface area contributed by atoms with Gasteiger partial charge < -0.3 is 11.1 Å². The molecule has 2 rings (SSSR count). The fourth-order valence-corrected chi connectivity index (χ4v) is 1.72. The van der Waals surface area contributed by atoms with Crippen molar-refractivity contribution >= 4 is 23.0 Å². The molecule has 1 aromatic heterocycles. The van der Waals surface area contributed by atoms with Gasteiger partial charge in [-0.05, 0) is 18.2 Å². The summed E-state index contributed by atoms with van der Waals surface area (Å²) >= 11 is 0. The second-order valence-electron chi connectivity index (χ2n) is 4.12. The van der Waals surface area contributed by atoms with E-state index in [4.69, 9.17) is 11.1 Å². The van der Waals surface area contributed by atoms with Crippen LogP contribution < -0.4 is 11.1 Å². The molecule has 4 N–H and O–H groups in total. The second kappa shape index (κ2) is 5.79. The Morgan fingerprint density at radius 1 is 1.35 bits per heavy atom. The van der Waals surface area contributed by atoms with Crippen LogP contribution in [0, 0.1) is 5.41 Å². The molecule has 0 saturated heterocycles. The predicted molar refractivity (Wildman–Crippen MR) is 79.8 cm³/mol. The lowest BCUT2D eigenvalue weighted by Gasteiger charge is -2.09. The topological polar surface area (TPSA) is 91.9 Å². The molecular formula is C15H14N4O. The van der Waals surface area contributed by atoms with Crippen molar-refractivity contribution in [1.82, 2.24) is 4.98 Å². The van der Waals surface area contributed by atoms with E-state index in [0.29, 0.717) is 22.5 Å². The van der Waals surface area contributed by atoms with Gasteiger partial charge in [0.1, 0.15) is 0 Å². The first-order valence-corrected chi connectivity index (χ1v) is 5.94. The second-order valence-corrected chi connectivity index (χ2v) is 4.12. The third-order valence-corrected chi connectivity index (χ3v) is 2.71. The highest BCUT2D eigenvalue weighted by Gasteiger charge is 2.09. The Balaban J connectivity index is 2.31. The summed E-state index contributed by atoms with van der Waals surface area (Å²) in [5, 5.41) is 10.8. The maximum atomic E-state index is 11.3. The van der Waals surface area contributed by atoms with Gasteiger partial charge in [0, 0.05) is 23.0 Å². The number of benzene rings is 1. The predicted octanol–water partition coefficient (Wildman–Crippen LogP) is 2.20. The van der Waals surface area contributed by atoms with Crippen molar-refractivity contribution in [3.8, 4) is 0 Å². The van der Waals surface area contributed by atoms with Crippen molar-refractivity contribution in [1.29, 1.82) is 5.41 Å². The van der Waals surface area contributed by atoms with Gasteiger partial charge in [-0.3, -0.25) is 15.2 Å². The number of carbonyl (C=O) groups is 1. The molecule has 100 valence electrons. The molecule has 0 saturated carbocycles. The van der Waals surface area contributed by atoms with E-state index in [-0.39, 0.29) is 11.6 Å². The van der Waals surface area contributed by atoms with E-state index in [1.807, 2.05) is 12.1 Å². The summed E-state index contributed by atoms with van der Waals surface area (Å²) in [6.45, 7) is 3.38. The van der Waals surface area contributed by atoms with Gasteiger partial charge in [-0.25, -0.2) is 0 Å². The fourth-order valence-electron chi connectivity index (χ4n) is 1.72. The molecule has 0 aliphatic rings. The molecule has 0 atom stereocenters. The van der Waals surface area contributed by atoms with Gasteiger partial charge in [-0.1, -0.05) is 24.8 Å². The average Bonchev–Trinajstić information content (AvgIpc) is 2.47. The number of hydrogen-bond acceptors (Lipinski definition) is 4. The first-order valence-electron chi connectivity index (χ1n) is 5.94. The van der Waals surface area contributed by atoms with Crippen LogP contribution in [-0.2, 0) is 4.79 Å². The highest BCUT2D eigenvalue weighted by Crippen LogP contribution is 2.17. The molecule has 0 fully saturated rings. The highest BCUT2D eigenvalue weighted by atomic mass is 16.1. The Morgan fingerprint density at radius 2 is 2.10 bits per heavy atom. The Hall–Kier alpha value is -2.95. The summed E-state index contributed by atoms with van der Waals surface area (Å²) in [6.07, 6.45) is 4.23. The van der Waals surface area contributed by atoms with Crippen LogP contribution in [0.1, 0.15) is 11.1 Å². The largest absolute Gasteiger partial charge is 0.398 e. The number of nitrogens with one attached hydrogen (secondary N) is 2. The van der Waals surface area contributed by atoms with Crippen molar-refractivity contribution in [2.24, 2.45) is 0 Å². The van der Waals surface area contributed by atoms with Crippen LogP contribution in [0.4, 0.5) is 11.4 Å². The fraction of sp³-hybridized carbons (Fsp3) is 0. The van der Waals surface area contributed by atoms with Crippen molar-refractivity contribution in [3.63, 3.8) is 0 Å². The minimum absolute atomic E-state index is 0.255. The van der Waals surface area contributed by atoms with Crippen LogP contribution in [-0.4, -0.2) is 16.6 Å². The van der Waals surface area contributed by atoms with Crippen molar-refractivity contribution in [2.45, 2.75) is 0 Å². The number of amides is 1. The number of para-hydroxylation sites is 1. The molecule has 0 bridgehead atoms. The highest BCUT2D eigenvalue weighted by molar-refractivity contribution is 6.14. The quantitative estimate of drug-likeness (QED) is 0.450. The number of hydrogen-bond donors (Lipinski definition) is 3. The van der Waals surface area contributed by atoms with E-state index in [0.717, 1.165) is 0 Å². The van der Waals surface area contributed by atoms with E-state index < -0.39 is 0 Å². The lowest BCUT2D eigenvalue weighted by molar-refractivity contribution is -0.111. The molecular weight excluding hydrogens is 252 g/mol. The van der Waals surface area contributed by atoms with Crippen LogP contribution in [0.2, 0.25) is 0 Å². The van der Waals surface area contributed by atoms with E-state index in [1.54, 1.807) is 24.4 Å². The minimum Gasteiger partial charge on any atom is -0.398 e. The molecule has 1 aromatic carbocycles. The van der Waals surface area contributed by atoms with Crippen molar-refractivity contribution < 1.29 is 4.79 Å². The average molecular weight is 266 g/mol. The Labute approximate surface area is 116 Å². The lowest BCUT2D eigenvalue weighted by Crippen LogP contribution is -2.10. The Kier molecular flexibility index (Phi) is 3.91. The summed E-state index contributed by atoms with van der Waals surface area (Å²) in [6, 6.07) is 8.80.